The van der Waals surface area contributed by atoms with E-state index in [1.807, 2.05) is 18.2 Å². The van der Waals surface area contributed by atoms with Crippen LogP contribution in [0.2, 0.25) is 0 Å². The molecule has 0 bridgehead atoms. The van der Waals surface area contributed by atoms with Crippen molar-refractivity contribution in [2.24, 2.45) is 0 Å². The molecule has 8 heteroatoms. The van der Waals surface area contributed by atoms with Crippen molar-refractivity contribution in [3.63, 3.8) is 0 Å². The topological polar surface area (TPSA) is 94.9 Å². The van der Waals surface area contributed by atoms with Gasteiger partial charge in [-0.1, -0.05) is 67.1 Å². The van der Waals surface area contributed by atoms with E-state index in [1.54, 1.807) is 6.92 Å². The number of phosphoric ester groups is 1. The lowest BCUT2D eigenvalue weighted by molar-refractivity contribution is -0.143. The van der Waals surface area contributed by atoms with E-state index in [-0.39, 0.29) is 37.1 Å². The highest BCUT2D eigenvalue weighted by Crippen LogP contribution is 2.54. The number of ether oxygens (including phenoxy) is 1. The Labute approximate surface area is 220 Å². The molecule has 0 radical (unpaired) electrons. The molecule has 2 aromatic rings. The number of rotatable bonds is 15. The third-order valence-electron chi connectivity index (χ3n) is 6.76. The van der Waals surface area contributed by atoms with Gasteiger partial charge < -0.3 is 4.74 Å². The number of benzene rings is 2. The molecule has 0 spiro atoms. The van der Waals surface area contributed by atoms with E-state index in [4.69, 9.17) is 23.6 Å². The van der Waals surface area contributed by atoms with Gasteiger partial charge in [-0.15, -0.1) is 0 Å². The Hall–Kier alpha value is -2.49. The van der Waals surface area contributed by atoms with Crippen molar-refractivity contribution < 1.29 is 27.7 Å². The molecule has 200 valence electrons. The zero-order valence-electron chi connectivity index (χ0n) is 21.7. The minimum absolute atomic E-state index is 0.0126. The fourth-order valence-electron chi connectivity index (χ4n) is 4.89. The van der Waals surface area contributed by atoms with Gasteiger partial charge in [0.15, 0.2) is 0 Å². The Bertz CT molecular complexity index is 990. The van der Waals surface area contributed by atoms with Crippen molar-refractivity contribution in [3.8, 4) is 6.07 Å². The zero-order valence-corrected chi connectivity index (χ0v) is 22.6. The van der Waals surface area contributed by atoms with Gasteiger partial charge in [-0.3, -0.25) is 18.4 Å². The number of carbonyl (C=O) groups excluding carboxylic acids is 1. The lowest BCUT2D eigenvalue weighted by Gasteiger charge is -2.41. The predicted molar refractivity (Wildman–Crippen MR) is 142 cm³/mol. The van der Waals surface area contributed by atoms with Crippen LogP contribution < -0.4 is 0 Å². The maximum atomic E-state index is 13.4. The molecule has 1 saturated carbocycles. The van der Waals surface area contributed by atoms with Gasteiger partial charge in [-0.2, -0.15) is 5.26 Å². The van der Waals surface area contributed by atoms with Gasteiger partial charge in [0.2, 0.25) is 0 Å². The first kappa shape index (κ1) is 29.1. The minimum atomic E-state index is -3.82. The van der Waals surface area contributed by atoms with Gasteiger partial charge >= 0.3 is 13.8 Å². The summed E-state index contributed by atoms with van der Waals surface area (Å²) in [4.78, 5) is 11.5. The van der Waals surface area contributed by atoms with Crippen LogP contribution in [0.1, 0.15) is 75.8 Å². The molecule has 0 amide bonds. The second kappa shape index (κ2) is 15.1. The Balaban J connectivity index is 1.59. The maximum absolute atomic E-state index is 13.4. The molecule has 2 aromatic carbocycles. The highest BCUT2D eigenvalue weighted by Gasteiger charge is 2.41. The van der Waals surface area contributed by atoms with E-state index in [2.05, 4.69) is 48.5 Å². The first-order valence-corrected chi connectivity index (χ1v) is 14.7. The van der Waals surface area contributed by atoms with E-state index in [9.17, 15) is 9.36 Å². The fourth-order valence-corrected chi connectivity index (χ4v) is 6.33. The summed E-state index contributed by atoms with van der Waals surface area (Å²) in [6.07, 6.45) is 5.32. The van der Waals surface area contributed by atoms with Crippen LogP contribution in [0.5, 0.6) is 0 Å². The predicted octanol–water partition coefficient (Wildman–Crippen LogP) is 7.11. The molecule has 0 aromatic heterocycles. The summed E-state index contributed by atoms with van der Waals surface area (Å²) in [7, 11) is -3.82. The van der Waals surface area contributed by atoms with Crippen LogP contribution in [0.4, 0.5) is 0 Å². The van der Waals surface area contributed by atoms with Gasteiger partial charge in [0.25, 0.3) is 0 Å². The second-order valence-electron chi connectivity index (χ2n) is 9.26. The molecule has 37 heavy (non-hydrogen) atoms. The highest BCUT2D eigenvalue weighted by molar-refractivity contribution is 7.48. The van der Waals surface area contributed by atoms with Crippen molar-refractivity contribution >= 4 is 13.8 Å². The molecular weight excluding hydrogens is 489 g/mol. The molecule has 0 saturated heterocycles. The van der Waals surface area contributed by atoms with Crippen molar-refractivity contribution in [3.05, 3.63) is 71.8 Å². The summed E-state index contributed by atoms with van der Waals surface area (Å²) in [5, 5.41) is 8.88. The fraction of sp³-hybridized carbons (Fsp3) is 0.517. The standard InChI is InChI=1S/C29H38NO6P/c1-2-33-28(31)17-10-5-11-23-34-37(32,35-24-12-22-30)36-27-18-20-29(21-19-27,25-13-6-3-7-14-25)26-15-8-4-9-16-26/h3-4,6-9,13-16,27H,2,5,10-12,17-21,23-24H2,1H3. The molecule has 1 aliphatic rings. The first-order valence-electron chi connectivity index (χ1n) is 13.2. The lowest BCUT2D eigenvalue weighted by atomic mass is 9.65. The summed E-state index contributed by atoms with van der Waals surface area (Å²) in [5.41, 5.74) is 2.41. The summed E-state index contributed by atoms with van der Waals surface area (Å²) >= 11 is 0. The third kappa shape index (κ3) is 8.79. The quantitative estimate of drug-likeness (QED) is 0.138. The number of esters is 1. The molecule has 0 N–H and O–H groups in total. The number of phosphoric acid groups is 1. The maximum Gasteiger partial charge on any atom is 0.475 e. The van der Waals surface area contributed by atoms with Gasteiger partial charge in [0.1, 0.15) is 0 Å². The lowest BCUT2D eigenvalue weighted by Crippen LogP contribution is -2.35. The van der Waals surface area contributed by atoms with Crippen molar-refractivity contribution in [2.75, 3.05) is 19.8 Å². The largest absolute Gasteiger partial charge is 0.475 e. The smallest absolute Gasteiger partial charge is 0.466 e. The van der Waals surface area contributed by atoms with Gasteiger partial charge in [0, 0.05) is 11.8 Å². The number of unbranched alkanes of at least 4 members (excludes halogenated alkanes) is 2. The zero-order chi connectivity index (χ0) is 26.4. The Morgan fingerprint density at radius 2 is 1.54 bits per heavy atom. The average molecular weight is 528 g/mol. The van der Waals surface area contributed by atoms with E-state index >= 15 is 0 Å². The molecule has 0 aliphatic heterocycles. The van der Waals surface area contributed by atoms with Crippen molar-refractivity contribution in [1.82, 2.24) is 0 Å². The molecular formula is C29H38NO6P. The SMILES string of the molecule is CCOC(=O)CCCCCOP(=O)(OCCC#N)OC1CCC(c2ccccc2)(c2ccccc2)CC1. The molecule has 1 atom stereocenters. The molecule has 7 nitrogen and oxygen atoms in total. The Morgan fingerprint density at radius 1 is 0.946 bits per heavy atom. The summed E-state index contributed by atoms with van der Waals surface area (Å²) in [6.45, 7) is 2.34. The number of carbonyl (C=O) groups is 1. The first-order chi connectivity index (χ1) is 18.0. The van der Waals surface area contributed by atoms with E-state index < -0.39 is 7.82 Å². The van der Waals surface area contributed by atoms with Crippen LogP contribution in [0.15, 0.2) is 60.7 Å². The van der Waals surface area contributed by atoms with Crippen molar-refractivity contribution in [2.45, 2.75) is 76.2 Å². The van der Waals surface area contributed by atoms with Crippen molar-refractivity contribution in [1.29, 1.82) is 5.26 Å². The van der Waals surface area contributed by atoms with Gasteiger partial charge in [-0.05, 0) is 56.6 Å². The number of hydrogen-bond acceptors (Lipinski definition) is 7. The summed E-state index contributed by atoms with van der Waals surface area (Å²) in [6, 6.07) is 23.0. The number of nitrogens with zero attached hydrogens (tertiary/aromatic N) is 1. The summed E-state index contributed by atoms with van der Waals surface area (Å²) in [5.74, 6) is -0.211. The van der Waals surface area contributed by atoms with Crippen LogP contribution in [0.3, 0.4) is 0 Å². The van der Waals surface area contributed by atoms with E-state index in [1.165, 1.54) is 11.1 Å². The van der Waals surface area contributed by atoms with Gasteiger partial charge in [-0.25, -0.2) is 4.57 Å². The third-order valence-corrected chi connectivity index (χ3v) is 8.31. The summed E-state index contributed by atoms with van der Waals surface area (Å²) < 4.78 is 35.5. The van der Waals surface area contributed by atoms with Crippen LogP contribution >= 0.6 is 7.82 Å². The number of nitriles is 1. The Morgan fingerprint density at radius 3 is 2.11 bits per heavy atom. The molecule has 3 rings (SSSR count). The monoisotopic (exact) mass is 527 g/mol. The number of hydrogen-bond donors (Lipinski definition) is 0. The molecule has 1 fully saturated rings. The normalized spacial score (nSPS) is 17.0. The minimum Gasteiger partial charge on any atom is -0.466 e. The molecule has 1 aliphatic carbocycles. The molecule has 1 unspecified atom stereocenters. The highest BCUT2D eigenvalue weighted by atomic mass is 31.2. The average Bonchev–Trinajstić information content (AvgIpc) is 2.92. The molecule has 0 heterocycles. The van der Waals surface area contributed by atoms with Crippen LogP contribution in [-0.2, 0) is 33.1 Å². The van der Waals surface area contributed by atoms with Gasteiger partial charge in [0.05, 0.1) is 38.4 Å². The van der Waals surface area contributed by atoms with Crippen LogP contribution in [0.25, 0.3) is 0 Å². The second-order valence-corrected chi connectivity index (χ2v) is 10.9. The van der Waals surface area contributed by atoms with Crippen LogP contribution in [0, 0.1) is 11.3 Å². The van der Waals surface area contributed by atoms with E-state index in [0.717, 1.165) is 19.3 Å². The van der Waals surface area contributed by atoms with Crippen LogP contribution in [-0.4, -0.2) is 31.9 Å². The Kier molecular flexibility index (Phi) is 11.8. The van der Waals surface area contributed by atoms with E-state index in [0.29, 0.717) is 38.7 Å².